The molecule has 1 aromatic carbocycles. The van der Waals surface area contributed by atoms with E-state index >= 15 is 0 Å². The quantitative estimate of drug-likeness (QED) is 0.906. The van der Waals surface area contributed by atoms with Crippen molar-refractivity contribution in [1.82, 2.24) is 0 Å². The van der Waals surface area contributed by atoms with E-state index in [-0.39, 0.29) is 11.4 Å². The van der Waals surface area contributed by atoms with Crippen molar-refractivity contribution in [3.05, 3.63) is 24.3 Å². The van der Waals surface area contributed by atoms with E-state index in [1.807, 2.05) is 0 Å². The predicted molar refractivity (Wildman–Crippen MR) is 69.7 cm³/mol. The number of nitrogens with one attached hydrogen (secondary N) is 1. The summed E-state index contributed by atoms with van der Waals surface area (Å²) < 4.78 is 34.0. The maximum absolute atomic E-state index is 12.0. The van der Waals surface area contributed by atoms with Gasteiger partial charge in [0.05, 0.1) is 5.60 Å². The van der Waals surface area contributed by atoms with Gasteiger partial charge in [0.15, 0.2) is 0 Å². The monoisotopic (exact) mass is 271 g/mol. The van der Waals surface area contributed by atoms with Crippen LogP contribution in [0.15, 0.2) is 24.3 Å². The summed E-state index contributed by atoms with van der Waals surface area (Å²) in [4.78, 5) is 0. The number of ether oxygens (including phenoxy) is 2. The van der Waals surface area contributed by atoms with Gasteiger partial charge in [-0.2, -0.15) is 8.78 Å². The van der Waals surface area contributed by atoms with Crippen molar-refractivity contribution in [2.24, 2.45) is 0 Å². The van der Waals surface area contributed by atoms with Gasteiger partial charge in [-0.1, -0.05) is 0 Å². The predicted octanol–water partition coefficient (Wildman–Crippen LogP) is 3.66. The van der Waals surface area contributed by atoms with Crippen molar-refractivity contribution in [1.29, 1.82) is 0 Å². The molecule has 106 valence electrons. The number of benzene rings is 1. The number of hydrogen-bond donors (Lipinski definition) is 1. The Hall–Kier alpha value is -1.36. The summed E-state index contributed by atoms with van der Waals surface area (Å²) in [6, 6.07) is 6.92. The minimum Gasteiger partial charge on any atom is -0.435 e. The van der Waals surface area contributed by atoms with Crippen LogP contribution >= 0.6 is 0 Å². The molecule has 0 bridgehead atoms. The zero-order valence-electron chi connectivity index (χ0n) is 11.2. The van der Waals surface area contributed by atoms with Gasteiger partial charge in [-0.15, -0.1) is 0 Å². The highest BCUT2D eigenvalue weighted by Crippen LogP contribution is 2.27. The molecule has 1 fully saturated rings. The molecule has 0 aromatic heterocycles. The highest BCUT2D eigenvalue weighted by molar-refractivity contribution is 5.47. The van der Waals surface area contributed by atoms with Crippen molar-refractivity contribution < 1.29 is 18.3 Å². The second-order valence-electron chi connectivity index (χ2n) is 5.35. The lowest BCUT2D eigenvalue weighted by Gasteiger charge is -2.36. The Kier molecular flexibility index (Phi) is 4.24. The van der Waals surface area contributed by atoms with Crippen LogP contribution in [0.4, 0.5) is 14.5 Å². The maximum Gasteiger partial charge on any atom is 0.387 e. The van der Waals surface area contributed by atoms with Crippen molar-refractivity contribution in [3.63, 3.8) is 0 Å². The summed E-state index contributed by atoms with van der Waals surface area (Å²) in [6.45, 7) is 2.09. The van der Waals surface area contributed by atoms with E-state index in [9.17, 15) is 8.78 Å². The Bertz CT molecular complexity index is 406. The molecule has 19 heavy (non-hydrogen) atoms. The normalized spacial score (nSPS) is 22.3. The lowest BCUT2D eigenvalue weighted by atomic mass is 9.94. The fourth-order valence-corrected chi connectivity index (χ4v) is 2.32. The molecule has 1 aromatic rings. The molecule has 0 amide bonds. The van der Waals surface area contributed by atoms with Crippen molar-refractivity contribution in [2.75, 3.05) is 11.9 Å². The minimum atomic E-state index is -2.78. The second kappa shape index (κ2) is 5.74. The third-order valence-electron chi connectivity index (χ3n) is 3.15. The molecule has 0 radical (unpaired) electrons. The molecular weight excluding hydrogens is 252 g/mol. The van der Waals surface area contributed by atoms with Crippen LogP contribution in [0.2, 0.25) is 0 Å². The van der Waals surface area contributed by atoms with Crippen LogP contribution in [0.25, 0.3) is 0 Å². The number of anilines is 1. The molecule has 3 nitrogen and oxygen atoms in total. The van der Waals surface area contributed by atoms with Gasteiger partial charge >= 0.3 is 6.61 Å². The van der Waals surface area contributed by atoms with Gasteiger partial charge in [0.2, 0.25) is 0 Å². The van der Waals surface area contributed by atoms with Crippen LogP contribution in [0, 0.1) is 0 Å². The molecule has 1 unspecified atom stereocenters. The van der Waals surface area contributed by atoms with E-state index in [1.54, 1.807) is 24.3 Å². The topological polar surface area (TPSA) is 30.5 Å². The molecular formula is C14H19F2NO2. The first-order chi connectivity index (χ1) is 8.94. The highest BCUT2D eigenvalue weighted by atomic mass is 19.3. The van der Waals surface area contributed by atoms with Crippen LogP contribution in [0.3, 0.4) is 0 Å². The highest BCUT2D eigenvalue weighted by Gasteiger charge is 2.28. The Morgan fingerprint density at radius 2 is 2.00 bits per heavy atom. The van der Waals surface area contributed by atoms with Gasteiger partial charge in [0.1, 0.15) is 5.75 Å². The lowest BCUT2D eigenvalue weighted by Crippen LogP contribution is -2.40. The Labute approximate surface area is 111 Å². The third-order valence-corrected chi connectivity index (χ3v) is 3.15. The summed E-state index contributed by atoms with van der Waals surface area (Å²) in [7, 11) is 0. The second-order valence-corrected chi connectivity index (χ2v) is 5.35. The summed E-state index contributed by atoms with van der Waals surface area (Å²) in [5, 5.41) is 3.39. The van der Waals surface area contributed by atoms with E-state index in [0.717, 1.165) is 25.1 Å². The summed E-state index contributed by atoms with van der Waals surface area (Å²) in [5.74, 6) is 0.174. The van der Waals surface area contributed by atoms with E-state index in [1.165, 1.54) is 0 Å². The van der Waals surface area contributed by atoms with Gasteiger partial charge in [0, 0.05) is 18.3 Å². The lowest BCUT2D eigenvalue weighted by molar-refractivity contribution is -0.0554. The van der Waals surface area contributed by atoms with Crippen LogP contribution < -0.4 is 10.1 Å². The van der Waals surface area contributed by atoms with Gasteiger partial charge in [-0.05, 0) is 51.0 Å². The first kappa shape index (κ1) is 14.1. The Balaban J connectivity index is 1.92. The smallest absolute Gasteiger partial charge is 0.387 e. The Morgan fingerprint density at radius 3 is 2.58 bits per heavy atom. The van der Waals surface area contributed by atoms with Gasteiger partial charge in [-0.3, -0.25) is 0 Å². The van der Waals surface area contributed by atoms with Crippen LogP contribution in [-0.4, -0.2) is 24.9 Å². The zero-order valence-corrected chi connectivity index (χ0v) is 11.2. The zero-order chi connectivity index (χ0) is 13.9. The molecule has 1 aliphatic rings. The molecule has 0 saturated carbocycles. The standard InChI is InChI=1S/C14H19F2NO2/c1-14(2)9-11(7-8-18-14)17-10-3-5-12(6-4-10)19-13(15)16/h3-6,11,13,17H,7-9H2,1-2H3. The largest absolute Gasteiger partial charge is 0.435 e. The molecule has 2 rings (SSSR count). The Morgan fingerprint density at radius 1 is 1.32 bits per heavy atom. The third kappa shape index (κ3) is 4.35. The fourth-order valence-electron chi connectivity index (χ4n) is 2.32. The van der Waals surface area contributed by atoms with Crippen LogP contribution in [-0.2, 0) is 4.74 Å². The molecule has 1 N–H and O–H groups in total. The van der Waals surface area contributed by atoms with Crippen LogP contribution in [0.1, 0.15) is 26.7 Å². The average Bonchev–Trinajstić information content (AvgIpc) is 2.30. The van der Waals surface area contributed by atoms with Gasteiger partial charge in [-0.25, -0.2) is 0 Å². The summed E-state index contributed by atoms with van der Waals surface area (Å²) in [6.07, 6.45) is 1.86. The van der Waals surface area contributed by atoms with Gasteiger partial charge in [0.25, 0.3) is 0 Å². The number of halogens is 2. The van der Waals surface area contributed by atoms with E-state index in [4.69, 9.17) is 4.74 Å². The summed E-state index contributed by atoms with van der Waals surface area (Å²) >= 11 is 0. The van der Waals surface area contributed by atoms with E-state index < -0.39 is 6.61 Å². The molecule has 1 saturated heterocycles. The maximum atomic E-state index is 12.0. The summed E-state index contributed by atoms with van der Waals surface area (Å²) in [5.41, 5.74) is 0.790. The SMILES string of the molecule is CC1(C)CC(Nc2ccc(OC(F)F)cc2)CCO1. The molecule has 1 atom stereocenters. The average molecular weight is 271 g/mol. The van der Waals surface area contributed by atoms with Gasteiger partial charge < -0.3 is 14.8 Å². The first-order valence-electron chi connectivity index (χ1n) is 6.40. The fraction of sp³-hybridized carbons (Fsp3) is 0.571. The molecule has 0 aliphatic carbocycles. The molecule has 0 spiro atoms. The molecule has 1 heterocycles. The number of alkyl halides is 2. The van der Waals surface area contributed by atoms with E-state index in [2.05, 4.69) is 23.9 Å². The first-order valence-corrected chi connectivity index (χ1v) is 6.40. The van der Waals surface area contributed by atoms with Crippen molar-refractivity contribution in [2.45, 2.75) is 44.9 Å². The number of rotatable bonds is 4. The number of hydrogen-bond acceptors (Lipinski definition) is 3. The molecule has 5 heteroatoms. The van der Waals surface area contributed by atoms with Crippen LogP contribution in [0.5, 0.6) is 5.75 Å². The molecule has 1 aliphatic heterocycles. The van der Waals surface area contributed by atoms with E-state index in [0.29, 0.717) is 6.04 Å². The minimum absolute atomic E-state index is 0.116. The van der Waals surface area contributed by atoms with Crippen molar-refractivity contribution in [3.8, 4) is 5.75 Å². The van der Waals surface area contributed by atoms with Crippen molar-refractivity contribution >= 4 is 5.69 Å².